The van der Waals surface area contributed by atoms with Crippen LogP contribution in [0, 0.1) is 6.92 Å². The molecule has 1 N–H and O–H groups in total. The number of H-pyrrole nitrogens is 1. The van der Waals surface area contributed by atoms with E-state index in [1.54, 1.807) is 35.9 Å². The number of aromatic nitrogens is 2. The van der Waals surface area contributed by atoms with Crippen molar-refractivity contribution in [3.05, 3.63) is 32.6 Å². The minimum atomic E-state index is -2.06. The van der Waals surface area contributed by atoms with E-state index in [4.69, 9.17) is 25.9 Å². The third kappa shape index (κ3) is 5.59. The van der Waals surface area contributed by atoms with Gasteiger partial charge in [0, 0.05) is 29.7 Å². The topological polar surface area (TPSA) is 82.6 Å². The quantitative estimate of drug-likeness (QED) is 0.327. The lowest BCUT2D eigenvalue weighted by molar-refractivity contribution is -0.0367. The highest BCUT2D eigenvalue weighted by Crippen LogP contribution is 2.87. The van der Waals surface area contributed by atoms with Crippen LogP contribution in [0.4, 0.5) is 0 Å². The number of aromatic amines is 1. The first kappa shape index (κ1) is 24.9. The van der Waals surface area contributed by atoms with Gasteiger partial charge in [-0.2, -0.15) is 0 Å². The second kappa shape index (κ2) is 9.25. The van der Waals surface area contributed by atoms with Gasteiger partial charge in [-0.3, -0.25) is 14.3 Å². The van der Waals surface area contributed by atoms with Gasteiger partial charge in [-0.15, -0.1) is 12.2 Å². The molecule has 3 atom stereocenters. The molecule has 0 amide bonds. The number of hydrogen-bond acceptors (Lipinski definition) is 8. The fourth-order valence-corrected chi connectivity index (χ4v) is 13.5. The molecule has 171 valence electrons. The molecule has 12 heteroatoms. The SMILES string of the molecule is Cc1cn([C@H]2C[C@H](O[Si](C)(C)C(C)(C)C)[C@@H](CO[P]3(S)SCCS3)O2)c(=O)[nH]c1=O. The van der Waals surface area contributed by atoms with E-state index in [1.807, 2.05) is 0 Å². The summed E-state index contributed by atoms with van der Waals surface area (Å²) in [7, 11) is -2.06. The molecule has 1 aromatic rings. The van der Waals surface area contributed by atoms with Crippen molar-refractivity contribution in [3.8, 4) is 0 Å². The normalized spacial score (nSPS) is 27.0. The Morgan fingerprint density at radius 2 is 1.97 bits per heavy atom. The number of ether oxygens (including phenoxy) is 1. The molecule has 1 aromatic heterocycles. The van der Waals surface area contributed by atoms with Crippen LogP contribution in [0.5, 0.6) is 0 Å². The molecule has 1 radical (unpaired) electrons. The van der Waals surface area contributed by atoms with E-state index in [9.17, 15) is 9.59 Å². The van der Waals surface area contributed by atoms with Gasteiger partial charge >= 0.3 is 5.69 Å². The van der Waals surface area contributed by atoms with Crippen molar-refractivity contribution in [3.63, 3.8) is 0 Å². The molecule has 3 rings (SSSR count). The molecule has 0 bridgehead atoms. The number of nitrogens with one attached hydrogen (secondary N) is 1. The maximum absolute atomic E-state index is 12.4. The zero-order valence-electron chi connectivity index (χ0n) is 18.3. The van der Waals surface area contributed by atoms with E-state index < -0.39 is 25.3 Å². The van der Waals surface area contributed by atoms with E-state index in [2.05, 4.69) is 38.8 Å². The average Bonchev–Trinajstić information content (AvgIpc) is 3.22. The molecule has 0 aliphatic carbocycles. The molecule has 0 aromatic carbocycles. The van der Waals surface area contributed by atoms with Crippen LogP contribution >= 0.6 is 40.1 Å². The number of nitrogens with zero attached hydrogens (tertiary/aromatic N) is 1. The van der Waals surface area contributed by atoms with Gasteiger partial charge in [0.05, 0.1) is 12.7 Å². The van der Waals surface area contributed by atoms with Gasteiger partial charge in [0.1, 0.15) is 17.4 Å². The number of hydrogen-bond donors (Lipinski definition) is 2. The highest BCUT2D eigenvalue weighted by molar-refractivity contribution is 9.15. The summed E-state index contributed by atoms with van der Waals surface area (Å²) in [5.41, 5.74) is -0.373. The fourth-order valence-electron chi connectivity index (χ4n) is 3.09. The highest BCUT2D eigenvalue weighted by Gasteiger charge is 2.46. The van der Waals surface area contributed by atoms with E-state index in [1.165, 1.54) is 4.57 Å². The number of rotatable bonds is 6. The predicted molar refractivity (Wildman–Crippen MR) is 133 cm³/mol. The van der Waals surface area contributed by atoms with Gasteiger partial charge in [0.2, 0.25) is 0 Å². The van der Waals surface area contributed by atoms with E-state index in [0.717, 1.165) is 11.5 Å². The third-order valence-electron chi connectivity index (χ3n) is 5.88. The van der Waals surface area contributed by atoms with Crippen molar-refractivity contribution in [2.45, 2.75) is 70.7 Å². The Morgan fingerprint density at radius 3 is 2.57 bits per heavy atom. The van der Waals surface area contributed by atoms with Crippen LogP contribution in [0.3, 0.4) is 0 Å². The monoisotopic (exact) mass is 511 g/mol. The summed E-state index contributed by atoms with van der Waals surface area (Å²) in [4.78, 5) is 26.5. The second-order valence-electron chi connectivity index (χ2n) is 9.19. The van der Waals surface area contributed by atoms with Crippen LogP contribution in [0.1, 0.15) is 39.0 Å². The molecule has 2 aliphatic rings. The van der Waals surface area contributed by atoms with Crippen LogP contribution < -0.4 is 11.2 Å². The lowest BCUT2D eigenvalue weighted by Gasteiger charge is -2.39. The molecule has 0 spiro atoms. The lowest BCUT2D eigenvalue weighted by atomic mass is 10.2. The van der Waals surface area contributed by atoms with Gasteiger partial charge < -0.3 is 13.7 Å². The van der Waals surface area contributed by atoms with Crippen molar-refractivity contribution < 1.29 is 13.7 Å². The van der Waals surface area contributed by atoms with Crippen LogP contribution in [0.2, 0.25) is 18.1 Å². The molecule has 2 fully saturated rings. The highest BCUT2D eigenvalue weighted by atomic mass is 33.4. The summed E-state index contributed by atoms with van der Waals surface area (Å²) in [6, 6.07) is 0. The smallest absolute Gasteiger partial charge is 0.330 e. The first-order valence-electron chi connectivity index (χ1n) is 10.0. The molecule has 2 saturated heterocycles. The fraction of sp³-hybridized carbons (Fsp3) is 0.778. The molecule has 0 unspecified atom stereocenters. The van der Waals surface area contributed by atoms with Gasteiger partial charge in [-0.25, -0.2) is 4.79 Å². The van der Waals surface area contributed by atoms with Crippen molar-refractivity contribution in [2.75, 3.05) is 18.1 Å². The third-order valence-corrected chi connectivity index (χ3v) is 20.6. The predicted octanol–water partition coefficient (Wildman–Crippen LogP) is 4.63. The zero-order chi connectivity index (χ0) is 22.3. The maximum atomic E-state index is 12.4. The van der Waals surface area contributed by atoms with Crippen molar-refractivity contribution in [2.24, 2.45) is 0 Å². The van der Waals surface area contributed by atoms with Crippen LogP contribution in [-0.4, -0.2) is 48.2 Å². The standard InChI is InChI=1S/C18H32N2O5PS3Si/c1-12-10-20(17(22)19-16(12)21)15-9-13(25-30(5,6)18(2,3)4)14(24-15)11-23-26(27)28-7-8-29-26/h10,13-15,27H,7-9,11H2,1-6H3,(H,19,21,22)/t13-,14+,15+/m0/s1. The average molecular weight is 512 g/mol. The Bertz CT molecular complexity index is 882. The van der Waals surface area contributed by atoms with Gasteiger partial charge in [0.15, 0.2) is 8.32 Å². The Balaban J connectivity index is 1.82. The summed E-state index contributed by atoms with van der Waals surface area (Å²) in [5.74, 6) is 2.10. The van der Waals surface area contributed by atoms with Crippen LogP contribution in [0.25, 0.3) is 0 Å². The van der Waals surface area contributed by atoms with E-state index in [-0.39, 0.29) is 22.8 Å². The van der Waals surface area contributed by atoms with Crippen molar-refractivity contribution in [1.29, 1.82) is 0 Å². The first-order chi connectivity index (χ1) is 13.8. The Hall–Kier alpha value is 0.257. The minimum Gasteiger partial charge on any atom is -0.411 e. The van der Waals surface area contributed by atoms with Crippen LogP contribution in [-0.2, 0) is 13.7 Å². The maximum Gasteiger partial charge on any atom is 0.330 e. The zero-order valence-corrected chi connectivity index (χ0v) is 22.8. The summed E-state index contributed by atoms with van der Waals surface area (Å²) < 4.78 is 20.7. The summed E-state index contributed by atoms with van der Waals surface area (Å²) in [6.45, 7) is 13.1. The number of aryl methyl sites for hydroxylation is 1. The Kier molecular flexibility index (Phi) is 7.67. The van der Waals surface area contributed by atoms with Gasteiger partial charge in [0.25, 0.3) is 5.56 Å². The largest absolute Gasteiger partial charge is 0.411 e. The summed E-state index contributed by atoms with van der Waals surface area (Å²) >= 11 is 8.35. The molecule has 0 saturated carbocycles. The molecular formula is C18H32N2O5PS3Si. The van der Waals surface area contributed by atoms with Crippen molar-refractivity contribution >= 4 is 48.4 Å². The molecule has 7 nitrogen and oxygen atoms in total. The minimum absolute atomic E-state index is 0.0524. The molecule has 2 aliphatic heterocycles. The molecule has 30 heavy (non-hydrogen) atoms. The summed E-state index contributed by atoms with van der Waals surface area (Å²) in [5, 5.41) is -1.76. The first-order valence-corrected chi connectivity index (χ1v) is 19.0. The van der Waals surface area contributed by atoms with E-state index in [0.29, 0.717) is 18.6 Å². The lowest BCUT2D eigenvalue weighted by Crippen LogP contribution is -2.46. The molecular weight excluding hydrogens is 479 g/mol. The van der Waals surface area contributed by atoms with Gasteiger partial charge in [-0.05, 0) is 25.1 Å². The van der Waals surface area contributed by atoms with Crippen LogP contribution in [0.15, 0.2) is 15.8 Å². The Labute approximate surface area is 192 Å². The summed E-state index contributed by atoms with van der Waals surface area (Å²) in [6.07, 6.45) is 1.11. The number of thiol groups is 1. The van der Waals surface area contributed by atoms with Crippen molar-refractivity contribution in [1.82, 2.24) is 9.55 Å². The molecule has 3 heterocycles. The van der Waals surface area contributed by atoms with Gasteiger partial charge in [-0.1, -0.05) is 43.5 Å². The second-order valence-corrected chi connectivity index (χ2v) is 25.1. The van der Waals surface area contributed by atoms with E-state index >= 15 is 0 Å². The Morgan fingerprint density at radius 1 is 1.33 bits per heavy atom.